The van der Waals surface area contributed by atoms with Gasteiger partial charge in [0.05, 0.1) is 17.8 Å². The van der Waals surface area contributed by atoms with Crippen molar-refractivity contribution in [1.29, 1.82) is 0 Å². The second-order valence-electron chi connectivity index (χ2n) is 8.26. The summed E-state index contributed by atoms with van der Waals surface area (Å²) in [5, 5.41) is 0. The van der Waals surface area contributed by atoms with Crippen LogP contribution in [0.3, 0.4) is 0 Å². The SMILES string of the molecule is O=S1(=O)C[C@@H]2[C@H](C1)N(CC1CC1)CCN2Cc1ccc(-n2ccnc2)cc1. The molecule has 7 heteroatoms. The summed E-state index contributed by atoms with van der Waals surface area (Å²) in [5.74, 6) is 1.45. The largest absolute Gasteiger partial charge is 0.306 e. The lowest BCUT2D eigenvalue weighted by molar-refractivity contribution is 0.0376. The van der Waals surface area contributed by atoms with E-state index >= 15 is 0 Å². The van der Waals surface area contributed by atoms with E-state index in [1.165, 1.54) is 18.4 Å². The van der Waals surface area contributed by atoms with Gasteiger partial charge in [-0.15, -0.1) is 0 Å². The molecule has 2 aliphatic heterocycles. The maximum absolute atomic E-state index is 12.4. The van der Waals surface area contributed by atoms with Crippen molar-refractivity contribution < 1.29 is 8.42 Å². The molecule has 1 aromatic carbocycles. The van der Waals surface area contributed by atoms with Crippen LogP contribution in [0.1, 0.15) is 18.4 Å². The predicted octanol–water partition coefficient (Wildman–Crippen LogP) is 1.57. The average molecular weight is 387 g/mol. The minimum atomic E-state index is -2.93. The number of rotatable bonds is 5. The highest BCUT2D eigenvalue weighted by Crippen LogP contribution is 2.34. The fraction of sp³-hybridized carbons (Fsp3) is 0.550. The maximum Gasteiger partial charge on any atom is 0.153 e. The van der Waals surface area contributed by atoms with Crippen LogP contribution in [-0.2, 0) is 16.4 Å². The highest BCUT2D eigenvalue weighted by molar-refractivity contribution is 7.91. The zero-order chi connectivity index (χ0) is 18.4. The van der Waals surface area contributed by atoms with E-state index in [1.54, 1.807) is 12.5 Å². The maximum atomic E-state index is 12.4. The van der Waals surface area contributed by atoms with Gasteiger partial charge < -0.3 is 4.57 Å². The number of sulfone groups is 1. The summed E-state index contributed by atoms with van der Waals surface area (Å²) >= 11 is 0. The molecule has 3 heterocycles. The van der Waals surface area contributed by atoms with Gasteiger partial charge in [-0.25, -0.2) is 13.4 Å². The van der Waals surface area contributed by atoms with E-state index in [9.17, 15) is 8.42 Å². The summed E-state index contributed by atoms with van der Waals surface area (Å²) in [6.45, 7) is 3.84. The van der Waals surface area contributed by atoms with E-state index < -0.39 is 9.84 Å². The van der Waals surface area contributed by atoms with Gasteiger partial charge in [0.1, 0.15) is 0 Å². The van der Waals surface area contributed by atoms with Gasteiger partial charge in [-0.2, -0.15) is 0 Å². The number of hydrogen-bond acceptors (Lipinski definition) is 5. The summed E-state index contributed by atoms with van der Waals surface area (Å²) in [6, 6.07) is 8.80. The highest BCUT2D eigenvalue weighted by atomic mass is 32.2. The van der Waals surface area contributed by atoms with Crippen LogP contribution < -0.4 is 0 Å². The van der Waals surface area contributed by atoms with E-state index in [0.717, 1.165) is 37.8 Å². The molecule has 1 aliphatic carbocycles. The molecule has 3 aliphatic rings. The van der Waals surface area contributed by atoms with Crippen molar-refractivity contribution in [1.82, 2.24) is 19.4 Å². The van der Waals surface area contributed by atoms with Crippen LogP contribution in [0.4, 0.5) is 0 Å². The zero-order valence-electron chi connectivity index (χ0n) is 15.4. The number of hydrogen-bond donors (Lipinski definition) is 0. The molecule has 2 saturated heterocycles. The van der Waals surface area contributed by atoms with Gasteiger partial charge in [0, 0.05) is 56.3 Å². The minimum Gasteiger partial charge on any atom is -0.306 e. The van der Waals surface area contributed by atoms with Crippen molar-refractivity contribution in [3.8, 4) is 5.69 Å². The molecule has 5 rings (SSSR count). The monoisotopic (exact) mass is 386 g/mol. The zero-order valence-corrected chi connectivity index (χ0v) is 16.3. The predicted molar refractivity (Wildman–Crippen MR) is 105 cm³/mol. The average Bonchev–Trinajstić information content (AvgIpc) is 3.16. The molecule has 0 amide bonds. The third kappa shape index (κ3) is 3.68. The first-order valence-electron chi connectivity index (χ1n) is 9.83. The number of benzene rings is 1. The lowest BCUT2D eigenvalue weighted by atomic mass is 10.0. The first-order valence-corrected chi connectivity index (χ1v) is 11.7. The highest BCUT2D eigenvalue weighted by Gasteiger charge is 2.47. The van der Waals surface area contributed by atoms with Gasteiger partial charge in [0.2, 0.25) is 0 Å². The Kier molecular flexibility index (Phi) is 4.33. The van der Waals surface area contributed by atoms with Crippen LogP contribution in [0.15, 0.2) is 43.0 Å². The fourth-order valence-corrected chi connectivity index (χ4v) is 6.61. The third-order valence-corrected chi connectivity index (χ3v) is 7.92. The second kappa shape index (κ2) is 6.72. The Morgan fingerprint density at radius 3 is 2.37 bits per heavy atom. The first kappa shape index (κ1) is 17.4. The van der Waals surface area contributed by atoms with E-state index in [0.29, 0.717) is 11.5 Å². The number of imidazole rings is 1. The van der Waals surface area contributed by atoms with E-state index in [4.69, 9.17) is 0 Å². The minimum absolute atomic E-state index is 0.135. The Bertz CT molecular complexity index is 891. The standard InChI is InChI=1S/C20H26N4O2S/c25-27(26)13-19-20(14-27)23(10-9-22(19)11-16-1-2-16)12-17-3-5-18(6-4-17)24-8-7-21-15-24/h3-8,15-16,19-20H,1-2,9-14H2/t19-,20+/m0/s1. The van der Waals surface area contributed by atoms with Crippen molar-refractivity contribution in [2.45, 2.75) is 31.5 Å². The van der Waals surface area contributed by atoms with Crippen LogP contribution in [0, 0.1) is 5.92 Å². The Morgan fingerprint density at radius 2 is 1.70 bits per heavy atom. The molecule has 27 heavy (non-hydrogen) atoms. The Balaban J connectivity index is 1.31. The molecule has 0 radical (unpaired) electrons. The van der Waals surface area contributed by atoms with Crippen LogP contribution in [-0.4, -0.2) is 71.0 Å². The summed E-state index contributed by atoms with van der Waals surface area (Å²) < 4.78 is 26.7. The molecule has 2 atom stereocenters. The molecule has 0 bridgehead atoms. The first-order chi connectivity index (χ1) is 13.1. The van der Waals surface area contributed by atoms with Crippen LogP contribution in [0.5, 0.6) is 0 Å². The number of fused-ring (bicyclic) bond motifs is 1. The molecule has 144 valence electrons. The van der Waals surface area contributed by atoms with Crippen molar-refractivity contribution in [3.05, 3.63) is 48.5 Å². The topological polar surface area (TPSA) is 58.4 Å². The third-order valence-electron chi connectivity index (χ3n) is 6.22. The van der Waals surface area contributed by atoms with Crippen molar-refractivity contribution in [2.24, 2.45) is 5.92 Å². The molecule has 0 spiro atoms. The van der Waals surface area contributed by atoms with Gasteiger partial charge >= 0.3 is 0 Å². The van der Waals surface area contributed by atoms with Crippen molar-refractivity contribution >= 4 is 9.84 Å². The molecule has 0 N–H and O–H groups in total. The van der Waals surface area contributed by atoms with Crippen LogP contribution in [0.25, 0.3) is 5.69 Å². The van der Waals surface area contributed by atoms with E-state index in [-0.39, 0.29) is 12.1 Å². The Morgan fingerprint density at radius 1 is 1.00 bits per heavy atom. The molecule has 2 aromatic rings. The quantitative estimate of drug-likeness (QED) is 0.781. The van der Waals surface area contributed by atoms with Crippen molar-refractivity contribution in [2.75, 3.05) is 31.1 Å². The van der Waals surface area contributed by atoms with Crippen molar-refractivity contribution in [3.63, 3.8) is 0 Å². The molecule has 1 saturated carbocycles. The Labute approximate surface area is 160 Å². The fourth-order valence-electron chi connectivity index (χ4n) is 4.57. The molecular weight excluding hydrogens is 360 g/mol. The summed E-state index contributed by atoms with van der Waals surface area (Å²) in [6.07, 6.45) is 8.13. The number of nitrogens with zero attached hydrogens (tertiary/aromatic N) is 4. The Hall–Kier alpha value is -1.70. The van der Waals surface area contributed by atoms with E-state index in [1.807, 2.05) is 10.8 Å². The van der Waals surface area contributed by atoms with Gasteiger partial charge in [0.25, 0.3) is 0 Å². The summed E-state index contributed by atoms with van der Waals surface area (Å²) in [7, 11) is -2.93. The van der Waals surface area contributed by atoms with Gasteiger partial charge in [-0.05, 0) is 36.5 Å². The number of piperazine rings is 1. The summed E-state index contributed by atoms with van der Waals surface area (Å²) in [5.41, 5.74) is 2.32. The smallest absolute Gasteiger partial charge is 0.153 e. The number of aromatic nitrogens is 2. The molecule has 1 aromatic heterocycles. The molecule has 0 unspecified atom stereocenters. The van der Waals surface area contributed by atoms with Gasteiger partial charge in [-0.3, -0.25) is 9.80 Å². The van der Waals surface area contributed by atoms with Crippen LogP contribution in [0.2, 0.25) is 0 Å². The molecule has 3 fully saturated rings. The normalized spacial score (nSPS) is 28.3. The van der Waals surface area contributed by atoms with E-state index in [2.05, 4.69) is 39.0 Å². The van der Waals surface area contributed by atoms with Gasteiger partial charge in [-0.1, -0.05) is 12.1 Å². The second-order valence-corrected chi connectivity index (χ2v) is 10.4. The molecular formula is C20H26N4O2S. The lowest BCUT2D eigenvalue weighted by Gasteiger charge is -2.44. The molecule has 6 nitrogen and oxygen atoms in total. The van der Waals surface area contributed by atoms with Gasteiger partial charge in [0.15, 0.2) is 9.84 Å². The van der Waals surface area contributed by atoms with Crippen LogP contribution >= 0.6 is 0 Å². The summed E-state index contributed by atoms with van der Waals surface area (Å²) in [4.78, 5) is 8.95. The lowest BCUT2D eigenvalue weighted by Crippen LogP contribution is -2.59.